The number of alkyl halides is 1. The summed E-state index contributed by atoms with van der Waals surface area (Å²) >= 11 is 0. The van der Waals surface area contributed by atoms with Gasteiger partial charge in [-0.25, -0.2) is 15.0 Å². The number of carbonyl (C=O) groups excluding carboxylic acids is 1. The molecule has 1 fully saturated rings. The van der Waals surface area contributed by atoms with Gasteiger partial charge in [-0.1, -0.05) is 12.1 Å². The van der Waals surface area contributed by atoms with Crippen molar-refractivity contribution >= 4 is 28.5 Å². The molecule has 4 heterocycles. The van der Waals surface area contributed by atoms with Gasteiger partial charge in [-0.15, -0.1) is 0 Å². The predicted molar refractivity (Wildman–Crippen MR) is 157 cm³/mol. The van der Waals surface area contributed by atoms with E-state index in [1.165, 1.54) is 25.4 Å². The summed E-state index contributed by atoms with van der Waals surface area (Å²) in [5, 5.41) is 1.07. The van der Waals surface area contributed by atoms with Crippen molar-refractivity contribution in [3.8, 4) is 17.3 Å². The Labute approximate surface area is 242 Å². The van der Waals surface area contributed by atoms with Gasteiger partial charge >= 0.3 is 0 Å². The molecule has 0 spiro atoms. The third-order valence-corrected chi connectivity index (χ3v) is 7.96. The Morgan fingerprint density at radius 3 is 2.79 bits per heavy atom. The molecule has 1 saturated carbocycles. The maximum atomic E-state index is 13.3. The first kappa shape index (κ1) is 27.9. The van der Waals surface area contributed by atoms with Crippen LogP contribution in [0.25, 0.3) is 33.6 Å². The standard InChI is InChI=1S/C31H35F2N7O2/c1-21-15-25-30(35-24(21)9-12-38(20-41)11-4-10-32)37(2)31(36-25)26-16-23-5-3-6-27(29(23)40(26)17-22-7-8-22)42-14-13-39-18-28(33)34-19-39/h3,5-6,15-16,18-20,22H,4,7-14,17H2,1-2H3. The molecule has 0 bridgehead atoms. The van der Waals surface area contributed by atoms with E-state index in [-0.39, 0.29) is 0 Å². The highest BCUT2D eigenvalue weighted by molar-refractivity contribution is 5.91. The monoisotopic (exact) mass is 575 g/mol. The minimum atomic E-state index is -0.504. The van der Waals surface area contributed by atoms with E-state index in [0.717, 1.165) is 63.5 Å². The van der Waals surface area contributed by atoms with Crippen LogP contribution in [0.3, 0.4) is 0 Å². The molecule has 0 unspecified atom stereocenters. The van der Waals surface area contributed by atoms with Crippen LogP contribution in [-0.2, 0) is 31.4 Å². The van der Waals surface area contributed by atoms with Gasteiger partial charge in [-0.05, 0) is 55.9 Å². The number of amides is 1. The average Bonchev–Trinajstić information content (AvgIpc) is 3.47. The van der Waals surface area contributed by atoms with Crippen molar-refractivity contribution in [1.82, 2.24) is 33.6 Å². The number of imidazole rings is 2. The third kappa shape index (κ3) is 5.73. The summed E-state index contributed by atoms with van der Waals surface area (Å²) < 4.78 is 38.2. The lowest BCUT2D eigenvalue weighted by Crippen LogP contribution is -2.26. The molecular formula is C31H35F2N7O2. The van der Waals surface area contributed by atoms with E-state index in [4.69, 9.17) is 14.7 Å². The molecule has 220 valence electrons. The lowest BCUT2D eigenvalue weighted by Gasteiger charge is -2.16. The number of nitrogens with zero attached hydrogens (tertiary/aromatic N) is 7. The van der Waals surface area contributed by atoms with Gasteiger partial charge in [-0.3, -0.25) is 9.18 Å². The number of ether oxygens (including phenoxy) is 1. The number of fused-ring (bicyclic) bond motifs is 2. The first-order valence-electron chi connectivity index (χ1n) is 14.5. The molecule has 11 heteroatoms. The lowest BCUT2D eigenvalue weighted by atomic mass is 10.1. The molecule has 1 amide bonds. The third-order valence-electron chi connectivity index (χ3n) is 7.96. The van der Waals surface area contributed by atoms with Crippen molar-refractivity contribution in [2.75, 3.05) is 26.4 Å². The Hall–Kier alpha value is -4.28. The Balaban J connectivity index is 1.33. The Kier molecular flexibility index (Phi) is 7.90. The van der Waals surface area contributed by atoms with Gasteiger partial charge in [0.05, 0.1) is 37.0 Å². The maximum absolute atomic E-state index is 13.3. The molecule has 0 N–H and O–H groups in total. The largest absolute Gasteiger partial charge is 0.490 e. The Morgan fingerprint density at radius 2 is 2.05 bits per heavy atom. The summed E-state index contributed by atoms with van der Waals surface area (Å²) in [6, 6.07) is 10.3. The van der Waals surface area contributed by atoms with E-state index in [2.05, 4.69) is 27.8 Å². The summed E-state index contributed by atoms with van der Waals surface area (Å²) in [6.07, 6.45) is 6.91. The summed E-state index contributed by atoms with van der Waals surface area (Å²) in [5.41, 5.74) is 5.52. The van der Waals surface area contributed by atoms with Crippen LogP contribution in [0.4, 0.5) is 8.78 Å². The van der Waals surface area contributed by atoms with Crippen molar-refractivity contribution in [3.05, 3.63) is 60.1 Å². The fourth-order valence-electron chi connectivity index (χ4n) is 5.51. The molecule has 4 aromatic heterocycles. The van der Waals surface area contributed by atoms with Crippen LogP contribution in [0.15, 0.2) is 42.9 Å². The minimum absolute atomic E-state index is 0.335. The van der Waals surface area contributed by atoms with Gasteiger partial charge in [0.1, 0.15) is 17.9 Å². The van der Waals surface area contributed by atoms with Gasteiger partial charge in [0.25, 0.3) is 0 Å². The lowest BCUT2D eigenvalue weighted by molar-refractivity contribution is -0.118. The molecule has 0 saturated heterocycles. The zero-order valence-electron chi connectivity index (χ0n) is 24.0. The molecule has 0 atom stereocenters. The van der Waals surface area contributed by atoms with Crippen LogP contribution >= 0.6 is 0 Å². The summed E-state index contributed by atoms with van der Waals surface area (Å²) in [5.74, 6) is 1.71. The highest BCUT2D eigenvalue weighted by atomic mass is 19.1. The second kappa shape index (κ2) is 11.9. The van der Waals surface area contributed by atoms with E-state index < -0.39 is 12.6 Å². The van der Waals surface area contributed by atoms with Gasteiger partial charge in [-0.2, -0.15) is 4.39 Å². The molecule has 1 aromatic carbocycles. The first-order chi connectivity index (χ1) is 20.4. The fourth-order valence-corrected chi connectivity index (χ4v) is 5.51. The van der Waals surface area contributed by atoms with E-state index in [1.54, 1.807) is 9.47 Å². The van der Waals surface area contributed by atoms with Crippen molar-refractivity contribution < 1.29 is 18.3 Å². The Bertz CT molecular complexity index is 1720. The van der Waals surface area contributed by atoms with Gasteiger partial charge in [0.2, 0.25) is 12.4 Å². The number of rotatable bonds is 14. The quantitative estimate of drug-likeness (QED) is 0.173. The number of aromatic nitrogens is 6. The molecule has 0 radical (unpaired) electrons. The van der Waals surface area contributed by atoms with Crippen molar-refractivity contribution in [2.45, 2.75) is 45.7 Å². The molecule has 1 aliphatic rings. The summed E-state index contributed by atoms with van der Waals surface area (Å²) in [7, 11) is 1.98. The zero-order valence-corrected chi connectivity index (χ0v) is 24.0. The summed E-state index contributed by atoms with van der Waals surface area (Å²) in [6.45, 7) is 4.19. The van der Waals surface area contributed by atoms with E-state index in [0.29, 0.717) is 45.0 Å². The second-order valence-electron chi connectivity index (χ2n) is 11.1. The zero-order chi connectivity index (χ0) is 29.2. The molecule has 42 heavy (non-hydrogen) atoms. The molecule has 9 nitrogen and oxygen atoms in total. The van der Waals surface area contributed by atoms with Crippen molar-refractivity contribution in [1.29, 1.82) is 0 Å². The van der Waals surface area contributed by atoms with Crippen LogP contribution in [0.5, 0.6) is 5.75 Å². The van der Waals surface area contributed by atoms with Crippen molar-refractivity contribution in [3.63, 3.8) is 0 Å². The van der Waals surface area contributed by atoms with Crippen LogP contribution in [-0.4, -0.2) is 66.3 Å². The summed E-state index contributed by atoms with van der Waals surface area (Å²) in [4.78, 5) is 26.7. The Morgan fingerprint density at radius 1 is 1.19 bits per heavy atom. The topological polar surface area (TPSA) is 83.0 Å². The van der Waals surface area contributed by atoms with Gasteiger partial charge < -0.3 is 23.3 Å². The highest BCUT2D eigenvalue weighted by Gasteiger charge is 2.27. The average molecular weight is 576 g/mol. The molecular weight excluding hydrogens is 540 g/mol. The highest BCUT2D eigenvalue weighted by Crippen LogP contribution is 2.39. The van der Waals surface area contributed by atoms with Crippen LogP contribution in [0.1, 0.15) is 30.5 Å². The predicted octanol–water partition coefficient (Wildman–Crippen LogP) is 5.08. The van der Waals surface area contributed by atoms with E-state index >= 15 is 0 Å². The number of benzene rings is 1. The number of para-hydroxylation sites is 1. The normalized spacial score (nSPS) is 13.3. The SMILES string of the molecule is Cc1cc2nc(-c3cc4cccc(OCCn5cnc(F)c5)c4n3CC3CC3)n(C)c2nc1CCN(C=O)CCCF. The minimum Gasteiger partial charge on any atom is -0.490 e. The number of halogens is 2. The molecule has 0 aliphatic heterocycles. The first-order valence-corrected chi connectivity index (χ1v) is 14.5. The fraction of sp³-hybridized carbons (Fsp3) is 0.419. The van der Waals surface area contributed by atoms with Crippen LogP contribution in [0.2, 0.25) is 0 Å². The van der Waals surface area contributed by atoms with Gasteiger partial charge in [0, 0.05) is 44.2 Å². The van der Waals surface area contributed by atoms with E-state index in [9.17, 15) is 13.6 Å². The van der Waals surface area contributed by atoms with Crippen LogP contribution in [0, 0.1) is 18.8 Å². The van der Waals surface area contributed by atoms with Gasteiger partial charge in [0.15, 0.2) is 11.5 Å². The maximum Gasteiger partial charge on any atom is 0.230 e. The number of aryl methyl sites for hydroxylation is 2. The molecule has 6 rings (SSSR count). The van der Waals surface area contributed by atoms with Crippen LogP contribution < -0.4 is 4.74 Å². The second-order valence-corrected chi connectivity index (χ2v) is 11.1. The van der Waals surface area contributed by atoms with E-state index in [1.807, 2.05) is 30.7 Å². The molecule has 5 aromatic rings. The number of carbonyl (C=O) groups is 1. The number of hydrogen-bond donors (Lipinski definition) is 0. The molecule has 1 aliphatic carbocycles. The number of pyridine rings is 1. The number of hydrogen-bond acceptors (Lipinski definition) is 5. The smallest absolute Gasteiger partial charge is 0.230 e. The van der Waals surface area contributed by atoms with Crippen molar-refractivity contribution in [2.24, 2.45) is 13.0 Å².